The highest BCUT2D eigenvalue weighted by molar-refractivity contribution is 5.46. The molecule has 0 bridgehead atoms. The van der Waals surface area contributed by atoms with Gasteiger partial charge in [0.1, 0.15) is 11.6 Å². The molecule has 1 aromatic carbocycles. The van der Waals surface area contributed by atoms with Gasteiger partial charge >= 0.3 is 0 Å². The number of aromatic nitrogens is 2. The number of benzene rings is 1. The van der Waals surface area contributed by atoms with E-state index in [9.17, 15) is 4.39 Å². The molecule has 0 aliphatic rings. The number of hydrogen-bond donors (Lipinski definition) is 3. The third-order valence-corrected chi connectivity index (χ3v) is 2.70. The number of nitrogens with zero attached hydrogens (tertiary/aromatic N) is 2. The van der Waals surface area contributed by atoms with Crippen molar-refractivity contribution in [3.63, 3.8) is 0 Å². The van der Waals surface area contributed by atoms with Gasteiger partial charge in [-0.25, -0.2) is 15.2 Å². The molecule has 0 unspecified atom stereocenters. The van der Waals surface area contributed by atoms with Gasteiger partial charge in [-0.05, 0) is 31.0 Å². The van der Waals surface area contributed by atoms with E-state index in [1.165, 1.54) is 12.1 Å². The number of nitrogens with one attached hydrogen (secondary N) is 2. The zero-order chi connectivity index (χ0) is 13.7. The molecule has 19 heavy (non-hydrogen) atoms. The minimum Gasteiger partial charge on any atom is -0.369 e. The fourth-order valence-corrected chi connectivity index (χ4v) is 1.71. The third-order valence-electron chi connectivity index (χ3n) is 2.70. The average Bonchev–Trinajstić information content (AvgIpc) is 2.41. The van der Waals surface area contributed by atoms with E-state index in [1.807, 2.05) is 13.0 Å². The lowest BCUT2D eigenvalue weighted by atomic mass is 10.1. The van der Waals surface area contributed by atoms with Gasteiger partial charge in [0.25, 0.3) is 0 Å². The summed E-state index contributed by atoms with van der Waals surface area (Å²) in [5.41, 5.74) is 4.27. The second-order valence-corrected chi connectivity index (χ2v) is 4.18. The molecule has 2 rings (SSSR count). The quantitative estimate of drug-likeness (QED) is 0.566. The first-order valence-corrected chi connectivity index (χ1v) is 5.97. The number of rotatable bonds is 5. The van der Waals surface area contributed by atoms with Crippen molar-refractivity contribution in [2.45, 2.75) is 13.3 Å². The van der Waals surface area contributed by atoms with Crippen LogP contribution in [0.15, 0.2) is 30.5 Å². The van der Waals surface area contributed by atoms with Crippen LogP contribution in [0.1, 0.15) is 11.1 Å². The number of anilines is 2. The molecule has 0 atom stereocenters. The molecule has 5 nitrogen and oxygen atoms in total. The van der Waals surface area contributed by atoms with E-state index < -0.39 is 0 Å². The van der Waals surface area contributed by atoms with E-state index in [0.717, 1.165) is 16.9 Å². The maximum absolute atomic E-state index is 13.0. The monoisotopic (exact) mass is 261 g/mol. The van der Waals surface area contributed by atoms with E-state index in [1.54, 1.807) is 12.3 Å². The summed E-state index contributed by atoms with van der Waals surface area (Å²) < 4.78 is 13.0. The van der Waals surface area contributed by atoms with Crippen molar-refractivity contribution in [1.82, 2.24) is 9.97 Å². The van der Waals surface area contributed by atoms with E-state index in [-0.39, 0.29) is 5.82 Å². The molecule has 2 aromatic rings. The topological polar surface area (TPSA) is 75.9 Å². The van der Waals surface area contributed by atoms with Crippen LogP contribution in [-0.2, 0) is 6.42 Å². The highest BCUT2D eigenvalue weighted by atomic mass is 19.1. The van der Waals surface area contributed by atoms with Crippen LogP contribution < -0.4 is 16.6 Å². The van der Waals surface area contributed by atoms with Crippen LogP contribution in [0.2, 0.25) is 0 Å². The fourth-order valence-electron chi connectivity index (χ4n) is 1.71. The summed E-state index contributed by atoms with van der Waals surface area (Å²) in [5, 5.41) is 3.19. The van der Waals surface area contributed by atoms with Crippen molar-refractivity contribution in [2.75, 3.05) is 17.3 Å². The Hall–Kier alpha value is -2.21. The van der Waals surface area contributed by atoms with Gasteiger partial charge in [0.2, 0.25) is 5.95 Å². The lowest BCUT2D eigenvalue weighted by molar-refractivity contribution is 0.625. The van der Waals surface area contributed by atoms with Gasteiger partial charge in [0, 0.05) is 18.3 Å². The molecule has 0 radical (unpaired) electrons. The Labute approximate surface area is 111 Å². The fraction of sp³-hybridized carbons (Fsp3) is 0.231. The average molecular weight is 261 g/mol. The highest BCUT2D eigenvalue weighted by Crippen LogP contribution is 2.12. The van der Waals surface area contributed by atoms with Crippen LogP contribution in [0.25, 0.3) is 0 Å². The number of hydrogen-bond acceptors (Lipinski definition) is 5. The first-order valence-electron chi connectivity index (χ1n) is 5.97. The maximum atomic E-state index is 13.0. The van der Waals surface area contributed by atoms with Crippen molar-refractivity contribution >= 4 is 11.8 Å². The Bertz CT molecular complexity index is 558. The van der Waals surface area contributed by atoms with Gasteiger partial charge in [-0.2, -0.15) is 4.98 Å². The summed E-state index contributed by atoms with van der Waals surface area (Å²) in [6, 6.07) is 6.56. The molecule has 0 saturated heterocycles. The largest absolute Gasteiger partial charge is 0.369 e. The Morgan fingerprint density at radius 2 is 2.21 bits per heavy atom. The maximum Gasteiger partial charge on any atom is 0.239 e. The summed E-state index contributed by atoms with van der Waals surface area (Å²) in [5.74, 6) is 6.13. The second-order valence-electron chi connectivity index (χ2n) is 4.18. The van der Waals surface area contributed by atoms with Crippen LogP contribution in [0, 0.1) is 12.7 Å². The minimum absolute atomic E-state index is 0.217. The zero-order valence-corrected chi connectivity index (χ0v) is 10.7. The van der Waals surface area contributed by atoms with Gasteiger partial charge in [-0.3, -0.25) is 5.43 Å². The molecule has 0 aliphatic heterocycles. The van der Waals surface area contributed by atoms with Gasteiger partial charge in [0.15, 0.2) is 0 Å². The molecule has 0 aliphatic carbocycles. The molecular formula is C13H16FN5. The predicted octanol–water partition coefficient (Wildman–Crippen LogP) is 1.86. The van der Waals surface area contributed by atoms with E-state index in [4.69, 9.17) is 5.84 Å². The zero-order valence-electron chi connectivity index (χ0n) is 10.7. The van der Waals surface area contributed by atoms with Crippen molar-refractivity contribution in [3.05, 3.63) is 47.4 Å². The van der Waals surface area contributed by atoms with Crippen LogP contribution in [-0.4, -0.2) is 16.5 Å². The first-order chi connectivity index (χ1) is 9.19. The number of hydrazine groups is 1. The van der Waals surface area contributed by atoms with Crippen molar-refractivity contribution in [1.29, 1.82) is 0 Å². The number of aryl methyl sites for hydroxylation is 1. The number of halogens is 1. The lowest BCUT2D eigenvalue weighted by Gasteiger charge is -2.09. The Morgan fingerprint density at radius 1 is 1.37 bits per heavy atom. The van der Waals surface area contributed by atoms with Gasteiger partial charge in [0.05, 0.1) is 0 Å². The van der Waals surface area contributed by atoms with E-state index in [0.29, 0.717) is 18.9 Å². The predicted molar refractivity (Wildman–Crippen MR) is 73.2 cm³/mol. The Kier molecular flexibility index (Phi) is 4.25. The van der Waals surface area contributed by atoms with Crippen molar-refractivity contribution in [3.8, 4) is 0 Å². The van der Waals surface area contributed by atoms with Crippen LogP contribution in [0.5, 0.6) is 0 Å². The SMILES string of the molecule is Cc1cnc(NN)nc1NCCc1cccc(F)c1. The van der Waals surface area contributed by atoms with Crippen molar-refractivity contribution < 1.29 is 4.39 Å². The number of nitrogen functional groups attached to an aromatic ring is 1. The number of nitrogens with two attached hydrogens (primary N) is 1. The normalized spacial score (nSPS) is 10.3. The molecule has 0 amide bonds. The van der Waals surface area contributed by atoms with Gasteiger partial charge < -0.3 is 5.32 Å². The molecule has 1 aromatic heterocycles. The molecule has 0 saturated carbocycles. The molecule has 4 N–H and O–H groups in total. The van der Waals surface area contributed by atoms with Gasteiger partial charge in [-0.15, -0.1) is 0 Å². The molecule has 0 spiro atoms. The Balaban J connectivity index is 1.95. The third kappa shape index (κ3) is 3.62. The summed E-state index contributed by atoms with van der Waals surface area (Å²) in [6.07, 6.45) is 2.40. The summed E-state index contributed by atoms with van der Waals surface area (Å²) in [4.78, 5) is 8.21. The van der Waals surface area contributed by atoms with Crippen LogP contribution in [0.4, 0.5) is 16.2 Å². The minimum atomic E-state index is -0.217. The molecule has 100 valence electrons. The summed E-state index contributed by atoms with van der Waals surface area (Å²) >= 11 is 0. The summed E-state index contributed by atoms with van der Waals surface area (Å²) in [7, 11) is 0. The van der Waals surface area contributed by atoms with Crippen molar-refractivity contribution in [2.24, 2.45) is 5.84 Å². The first kappa shape index (κ1) is 13.2. The standard InChI is InChI=1S/C13H16FN5/c1-9-8-17-13(19-15)18-12(9)16-6-5-10-3-2-4-11(14)7-10/h2-4,7-8H,5-6,15H2,1H3,(H2,16,17,18,19). The van der Waals surface area contributed by atoms with Crippen LogP contribution >= 0.6 is 0 Å². The molecular weight excluding hydrogens is 245 g/mol. The molecule has 1 heterocycles. The lowest BCUT2D eigenvalue weighted by Crippen LogP contribution is -2.13. The molecule has 6 heteroatoms. The second kappa shape index (κ2) is 6.10. The van der Waals surface area contributed by atoms with Gasteiger partial charge in [-0.1, -0.05) is 12.1 Å². The molecule has 0 fully saturated rings. The summed E-state index contributed by atoms with van der Waals surface area (Å²) in [6.45, 7) is 2.57. The smallest absolute Gasteiger partial charge is 0.239 e. The Morgan fingerprint density at radius 3 is 2.95 bits per heavy atom. The van der Waals surface area contributed by atoms with E-state index >= 15 is 0 Å². The van der Waals surface area contributed by atoms with Crippen LogP contribution in [0.3, 0.4) is 0 Å². The van der Waals surface area contributed by atoms with E-state index in [2.05, 4.69) is 20.7 Å². The highest BCUT2D eigenvalue weighted by Gasteiger charge is 2.02.